The number of imidazole rings is 1. The molecule has 1 aliphatic rings. The van der Waals surface area contributed by atoms with Gasteiger partial charge in [-0.15, -0.1) is 22.7 Å². The van der Waals surface area contributed by atoms with Crippen LogP contribution in [0.25, 0.3) is 11.2 Å². The van der Waals surface area contributed by atoms with Gasteiger partial charge in [0.15, 0.2) is 11.2 Å². The van der Waals surface area contributed by atoms with Crippen LogP contribution in [0.2, 0.25) is 0 Å². The Morgan fingerprint density at radius 2 is 1.90 bits per heavy atom. The van der Waals surface area contributed by atoms with Gasteiger partial charge in [0.2, 0.25) is 0 Å². The van der Waals surface area contributed by atoms with Crippen LogP contribution in [-0.4, -0.2) is 35.3 Å². The van der Waals surface area contributed by atoms with Gasteiger partial charge in [-0.1, -0.05) is 12.1 Å². The van der Waals surface area contributed by atoms with Crippen molar-refractivity contribution >= 4 is 45.5 Å². The number of fused-ring (bicyclic) bond motifs is 1. The van der Waals surface area contributed by atoms with Gasteiger partial charge >= 0.3 is 5.69 Å². The molecule has 0 bridgehead atoms. The molecule has 4 aromatic heterocycles. The van der Waals surface area contributed by atoms with Crippen molar-refractivity contribution in [3.05, 3.63) is 71.9 Å². The number of hydrogen-bond acceptors (Lipinski definition) is 7. The molecule has 11 heteroatoms. The third-order valence-electron chi connectivity index (χ3n) is 5.37. The Labute approximate surface area is 184 Å². The number of hydrogen-bond donors (Lipinski definition) is 0. The lowest BCUT2D eigenvalue weighted by Gasteiger charge is -2.21. The van der Waals surface area contributed by atoms with Gasteiger partial charge in [-0.3, -0.25) is 18.7 Å². The van der Waals surface area contributed by atoms with E-state index in [0.29, 0.717) is 6.42 Å². The Balaban J connectivity index is 1.53. The minimum atomic E-state index is -0.484. The van der Waals surface area contributed by atoms with Gasteiger partial charge in [-0.25, -0.2) is 14.8 Å². The number of carbonyl (C=O) groups is 1. The summed E-state index contributed by atoms with van der Waals surface area (Å²) in [5.41, 5.74) is 0.390. The van der Waals surface area contributed by atoms with Crippen molar-refractivity contribution in [3.63, 3.8) is 0 Å². The van der Waals surface area contributed by atoms with E-state index in [0.717, 1.165) is 20.0 Å². The molecule has 5 rings (SSSR count). The summed E-state index contributed by atoms with van der Waals surface area (Å²) in [6, 6.07) is 7.73. The summed E-state index contributed by atoms with van der Waals surface area (Å²) >= 11 is 3.17. The van der Waals surface area contributed by atoms with E-state index in [1.165, 1.54) is 27.5 Å². The molecular formula is C20H18N6O3S2. The summed E-state index contributed by atoms with van der Waals surface area (Å²) in [5, 5.41) is 10.1. The molecular weight excluding hydrogens is 436 g/mol. The number of amides is 1. The van der Waals surface area contributed by atoms with E-state index in [2.05, 4.69) is 10.1 Å². The zero-order chi connectivity index (χ0) is 21.7. The molecule has 1 atom stereocenters. The quantitative estimate of drug-likeness (QED) is 0.471. The fourth-order valence-electron chi connectivity index (χ4n) is 3.77. The van der Waals surface area contributed by atoms with Gasteiger partial charge in [0, 0.05) is 25.4 Å². The summed E-state index contributed by atoms with van der Waals surface area (Å²) in [6.45, 7) is -0.104. The van der Waals surface area contributed by atoms with Crippen LogP contribution in [0.15, 0.2) is 56.0 Å². The molecule has 5 heterocycles. The number of aryl methyl sites for hydroxylation is 1. The van der Waals surface area contributed by atoms with Crippen molar-refractivity contribution < 1.29 is 4.79 Å². The highest BCUT2D eigenvalue weighted by Crippen LogP contribution is 2.36. The fourth-order valence-corrected chi connectivity index (χ4v) is 5.30. The number of aromatic nitrogens is 4. The monoisotopic (exact) mass is 454 g/mol. The first-order chi connectivity index (χ1) is 15.0. The van der Waals surface area contributed by atoms with Crippen LogP contribution in [0, 0.1) is 0 Å². The first-order valence-corrected chi connectivity index (χ1v) is 11.3. The van der Waals surface area contributed by atoms with Crippen LogP contribution in [0.4, 0.5) is 0 Å². The third kappa shape index (κ3) is 3.17. The van der Waals surface area contributed by atoms with Crippen molar-refractivity contribution in [2.45, 2.75) is 19.0 Å². The Kier molecular flexibility index (Phi) is 4.71. The van der Waals surface area contributed by atoms with Gasteiger partial charge in [0.05, 0.1) is 23.0 Å². The Hall–Kier alpha value is -3.31. The van der Waals surface area contributed by atoms with Crippen molar-refractivity contribution in [1.29, 1.82) is 0 Å². The minimum Gasteiger partial charge on any atom is -0.315 e. The van der Waals surface area contributed by atoms with E-state index in [4.69, 9.17) is 0 Å². The van der Waals surface area contributed by atoms with Gasteiger partial charge in [-0.2, -0.15) is 5.10 Å². The molecule has 0 radical (unpaired) electrons. The van der Waals surface area contributed by atoms with E-state index in [9.17, 15) is 14.4 Å². The molecule has 158 valence electrons. The summed E-state index contributed by atoms with van der Waals surface area (Å²) in [7, 11) is 2.96. The summed E-state index contributed by atoms with van der Waals surface area (Å²) in [5.74, 6) is -0.250. The summed E-state index contributed by atoms with van der Waals surface area (Å²) in [4.78, 5) is 44.4. The smallest absolute Gasteiger partial charge is 0.315 e. The van der Waals surface area contributed by atoms with Crippen molar-refractivity contribution in [1.82, 2.24) is 23.7 Å². The number of hydrazone groups is 1. The Bertz CT molecular complexity index is 1430. The van der Waals surface area contributed by atoms with Crippen LogP contribution >= 0.6 is 22.7 Å². The summed E-state index contributed by atoms with van der Waals surface area (Å²) in [6.07, 6.45) is 2.05. The standard InChI is InChI=1S/C20H18N6O3S2/c1-23-18-17(19(28)24(2)20(23)29)25(11-21-18)10-16(27)26-13(15-6-4-8-31-15)9-12(22-26)14-5-3-7-30-14/h3-8,11,13H,9-10H2,1-2H3/t13-/m0/s1. The molecule has 9 nitrogen and oxygen atoms in total. The molecule has 0 unspecified atom stereocenters. The average Bonchev–Trinajstić information content (AvgIpc) is 3.54. The van der Waals surface area contributed by atoms with Crippen LogP contribution in [-0.2, 0) is 25.4 Å². The highest BCUT2D eigenvalue weighted by molar-refractivity contribution is 7.12. The maximum atomic E-state index is 13.3. The lowest BCUT2D eigenvalue weighted by atomic mass is 10.1. The molecule has 31 heavy (non-hydrogen) atoms. The lowest BCUT2D eigenvalue weighted by Crippen LogP contribution is -2.38. The highest BCUT2D eigenvalue weighted by atomic mass is 32.1. The average molecular weight is 455 g/mol. The molecule has 0 aliphatic carbocycles. The van der Waals surface area contributed by atoms with Crippen LogP contribution in [0.1, 0.15) is 22.2 Å². The largest absolute Gasteiger partial charge is 0.332 e. The van der Waals surface area contributed by atoms with Crippen molar-refractivity contribution in [2.24, 2.45) is 19.2 Å². The van der Waals surface area contributed by atoms with E-state index in [1.807, 2.05) is 35.0 Å². The number of rotatable bonds is 4. The second kappa shape index (κ2) is 7.43. The second-order valence-electron chi connectivity index (χ2n) is 7.25. The second-order valence-corrected chi connectivity index (χ2v) is 9.18. The topological polar surface area (TPSA) is 94.5 Å². The highest BCUT2D eigenvalue weighted by Gasteiger charge is 2.34. The van der Waals surface area contributed by atoms with E-state index >= 15 is 0 Å². The zero-order valence-electron chi connectivity index (χ0n) is 16.8. The minimum absolute atomic E-state index is 0.104. The molecule has 4 aromatic rings. The third-order valence-corrected chi connectivity index (χ3v) is 7.26. The number of nitrogens with zero attached hydrogens (tertiary/aromatic N) is 6. The lowest BCUT2D eigenvalue weighted by molar-refractivity contribution is -0.133. The predicted octanol–water partition coefficient (Wildman–Crippen LogP) is 1.93. The number of carbonyl (C=O) groups excluding carboxylic acids is 1. The van der Waals surface area contributed by atoms with Gasteiger partial charge in [-0.05, 0) is 22.9 Å². The Morgan fingerprint density at radius 3 is 2.61 bits per heavy atom. The molecule has 0 saturated carbocycles. The predicted molar refractivity (Wildman–Crippen MR) is 120 cm³/mol. The van der Waals surface area contributed by atoms with Gasteiger partial charge in [0.25, 0.3) is 11.5 Å². The van der Waals surface area contributed by atoms with Gasteiger partial charge < -0.3 is 4.57 Å². The van der Waals surface area contributed by atoms with E-state index in [1.54, 1.807) is 29.7 Å². The number of thiophene rings is 2. The maximum Gasteiger partial charge on any atom is 0.332 e. The molecule has 0 aromatic carbocycles. The van der Waals surface area contributed by atoms with Gasteiger partial charge in [0.1, 0.15) is 6.54 Å². The summed E-state index contributed by atoms with van der Waals surface area (Å²) < 4.78 is 3.81. The molecule has 1 amide bonds. The molecule has 0 spiro atoms. The van der Waals surface area contributed by atoms with Crippen molar-refractivity contribution in [2.75, 3.05) is 0 Å². The van der Waals surface area contributed by atoms with E-state index in [-0.39, 0.29) is 29.7 Å². The Morgan fingerprint density at radius 1 is 1.13 bits per heavy atom. The first kappa shape index (κ1) is 19.6. The van der Waals surface area contributed by atoms with Crippen LogP contribution in [0.5, 0.6) is 0 Å². The zero-order valence-corrected chi connectivity index (χ0v) is 18.4. The van der Waals surface area contributed by atoms with Crippen LogP contribution in [0.3, 0.4) is 0 Å². The SMILES string of the molecule is Cn1c(=O)c2c(ncn2CC(=O)N2N=C(c3cccs3)C[C@H]2c2cccs2)n(C)c1=O. The first-order valence-electron chi connectivity index (χ1n) is 9.53. The molecule has 0 fully saturated rings. The van der Waals surface area contributed by atoms with E-state index < -0.39 is 11.2 Å². The molecule has 0 saturated heterocycles. The molecule has 0 N–H and O–H groups in total. The van der Waals surface area contributed by atoms with Crippen LogP contribution < -0.4 is 11.2 Å². The normalized spacial score (nSPS) is 16.3. The molecule has 1 aliphatic heterocycles. The fraction of sp³-hybridized carbons (Fsp3) is 0.250. The maximum absolute atomic E-state index is 13.3. The van der Waals surface area contributed by atoms with Crippen molar-refractivity contribution in [3.8, 4) is 0 Å².